The molecule has 0 amide bonds. The number of sulfonamides is 1. The highest BCUT2D eigenvalue weighted by Crippen LogP contribution is 2.26. The van der Waals surface area contributed by atoms with Crippen LogP contribution >= 0.6 is 0 Å². The number of ether oxygens (including phenoxy) is 1. The highest BCUT2D eigenvalue weighted by Gasteiger charge is 2.37. The predicted octanol–water partition coefficient (Wildman–Crippen LogP) is 2.17. The number of hydrogen-bond acceptors (Lipinski definition) is 5. The first-order valence-electron chi connectivity index (χ1n) is 9.79. The Hall–Kier alpha value is -2.46. The number of methoxy groups -OCH3 is 1. The monoisotopic (exact) mass is 437 g/mol. The van der Waals surface area contributed by atoms with Crippen LogP contribution in [0.25, 0.3) is 11.1 Å². The molecule has 0 aliphatic carbocycles. The molecule has 0 spiro atoms. The summed E-state index contributed by atoms with van der Waals surface area (Å²) in [6, 6.07) is 12.3. The molecule has 0 heterocycles. The van der Waals surface area contributed by atoms with Crippen LogP contribution in [0.4, 0.5) is 0 Å². The molecule has 1 atom stereocenters. The van der Waals surface area contributed by atoms with Crippen LogP contribution in [0.2, 0.25) is 0 Å². The first kappa shape index (κ1) is 23.8. The Morgan fingerprint density at radius 3 is 2.13 bits per heavy atom. The summed E-state index contributed by atoms with van der Waals surface area (Å²) < 4.78 is 32.1. The van der Waals surface area contributed by atoms with E-state index in [2.05, 4.69) is 5.73 Å². The second-order valence-electron chi connectivity index (χ2n) is 6.70. The number of carbonyl (C=O) groups is 1. The summed E-state index contributed by atoms with van der Waals surface area (Å²) in [7, 11) is -2.59. The van der Waals surface area contributed by atoms with Crippen LogP contribution in [0.5, 0.6) is 5.75 Å². The largest absolute Gasteiger partial charge is 0.497 e. The summed E-state index contributed by atoms with van der Waals surface area (Å²) in [5.74, 6) is -0.545. The summed E-state index contributed by atoms with van der Waals surface area (Å²) in [5, 5.41) is 9.55. The minimum Gasteiger partial charge on any atom is -0.497 e. The topological polar surface area (TPSA) is 121 Å². The molecule has 30 heavy (non-hydrogen) atoms. The molecule has 0 saturated heterocycles. The van der Waals surface area contributed by atoms with Gasteiger partial charge in [0.15, 0.2) is 6.04 Å². The summed E-state index contributed by atoms with van der Waals surface area (Å²) in [6.45, 7) is 2.31. The van der Waals surface area contributed by atoms with Crippen molar-refractivity contribution >= 4 is 16.0 Å². The third-order valence-electron chi connectivity index (χ3n) is 4.55. The Morgan fingerprint density at radius 2 is 1.67 bits per heavy atom. The smallest absolute Gasteiger partial charge is 0.324 e. The number of nitrogens with zero attached hydrogens (tertiary/aromatic N) is 1. The molecule has 4 N–H and O–H groups in total. The molecule has 8 nitrogen and oxygen atoms in total. The van der Waals surface area contributed by atoms with Crippen molar-refractivity contribution in [1.29, 1.82) is 0 Å². The maximum atomic E-state index is 13.2. The third-order valence-corrected chi connectivity index (χ3v) is 6.25. The number of rotatable bonds is 12. The van der Waals surface area contributed by atoms with E-state index >= 15 is 0 Å². The molecule has 0 aromatic heterocycles. The van der Waals surface area contributed by atoms with Gasteiger partial charge in [0.25, 0.3) is 10.0 Å². The van der Waals surface area contributed by atoms with Gasteiger partial charge in [-0.25, -0.2) is 8.42 Å². The van der Waals surface area contributed by atoms with Crippen molar-refractivity contribution in [2.75, 3.05) is 20.3 Å². The van der Waals surface area contributed by atoms with Gasteiger partial charge in [-0.2, -0.15) is 0 Å². The Bertz CT molecular complexity index is 914. The lowest BCUT2D eigenvalue weighted by atomic mass is 10.1. The molecule has 9 heteroatoms. The molecule has 164 valence electrons. The fraction of sp³-hybridized carbons (Fsp3) is 0.381. The molecule has 0 aliphatic heterocycles. The van der Waals surface area contributed by atoms with Crippen molar-refractivity contribution in [2.24, 2.45) is 0 Å². The SMILES string of the molecule is CCCCON([C@H](CC[NH3+])C(=O)O)S(=O)(=O)c1ccc(-c2ccc(OC)cc2)cc1. The highest BCUT2D eigenvalue weighted by atomic mass is 32.2. The van der Waals surface area contributed by atoms with Crippen LogP contribution in [0.15, 0.2) is 53.4 Å². The molecule has 2 aromatic carbocycles. The lowest BCUT2D eigenvalue weighted by Gasteiger charge is -2.26. The first-order chi connectivity index (χ1) is 14.3. The normalized spacial score (nSPS) is 12.7. The van der Waals surface area contributed by atoms with Gasteiger partial charge in [0.1, 0.15) is 5.75 Å². The summed E-state index contributed by atoms with van der Waals surface area (Å²) >= 11 is 0. The van der Waals surface area contributed by atoms with E-state index in [-0.39, 0.29) is 24.5 Å². The van der Waals surface area contributed by atoms with E-state index in [1.54, 1.807) is 19.2 Å². The van der Waals surface area contributed by atoms with Gasteiger partial charge < -0.3 is 15.6 Å². The molecular formula is C21H29N2O6S+. The number of aliphatic carboxylic acids is 1. The standard InChI is InChI=1S/C21H28N2O6S/c1-3-4-15-29-23(20(13-14-22)21(24)25)30(26,27)19-11-7-17(8-12-19)16-5-9-18(28-2)10-6-16/h5-12,20H,3-4,13-15,22H2,1-2H3,(H,24,25)/p+1/t20-/m1/s1. The van der Waals surface area contributed by atoms with Gasteiger partial charge in [0, 0.05) is 6.42 Å². The lowest BCUT2D eigenvalue weighted by Crippen LogP contribution is -2.55. The van der Waals surface area contributed by atoms with E-state index in [1.165, 1.54) is 12.1 Å². The Balaban J connectivity index is 2.34. The quantitative estimate of drug-likeness (QED) is 0.388. The fourth-order valence-electron chi connectivity index (χ4n) is 2.84. The molecule has 0 fully saturated rings. The van der Waals surface area contributed by atoms with Gasteiger partial charge >= 0.3 is 5.97 Å². The van der Waals surface area contributed by atoms with Crippen LogP contribution in [-0.2, 0) is 19.7 Å². The average molecular weight is 438 g/mol. The van der Waals surface area contributed by atoms with Gasteiger partial charge in [-0.1, -0.05) is 42.1 Å². The number of hydrogen-bond donors (Lipinski definition) is 2. The second-order valence-corrected chi connectivity index (χ2v) is 8.48. The van der Waals surface area contributed by atoms with Gasteiger partial charge in [0.2, 0.25) is 0 Å². The van der Waals surface area contributed by atoms with E-state index in [4.69, 9.17) is 9.57 Å². The molecule has 0 saturated carbocycles. The zero-order chi connectivity index (χ0) is 22.1. The highest BCUT2D eigenvalue weighted by molar-refractivity contribution is 7.89. The fourth-order valence-corrected chi connectivity index (χ4v) is 4.28. The van der Waals surface area contributed by atoms with Crippen molar-refractivity contribution in [1.82, 2.24) is 4.47 Å². The number of hydroxylamine groups is 1. The molecule has 0 radical (unpaired) electrons. The minimum absolute atomic E-state index is 0.0356. The summed E-state index contributed by atoms with van der Waals surface area (Å²) in [6.07, 6.45) is 1.45. The number of quaternary nitrogens is 1. The van der Waals surface area contributed by atoms with Crippen LogP contribution in [0.3, 0.4) is 0 Å². The molecular weight excluding hydrogens is 408 g/mol. The van der Waals surface area contributed by atoms with E-state index < -0.39 is 22.0 Å². The maximum Gasteiger partial charge on any atom is 0.324 e. The lowest BCUT2D eigenvalue weighted by molar-refractivity contribution is -0.370. The Labute approximate surface area is 177 Å². The van der Waals surface area contributed by atoms with E-state index in [0.29, 0.717) is 10.9 Å². The van der Waals surface area contributed by atoms with E-state index in [1.807, 2.05) is 31.2 Å². The first-order valence-corrected chi connectivity index (χ1v) is 11.2. The van der Waals surface area contributed by atoms with Gasteiger partial charge in [0.05, 0.1) is 25.2 Å². The zero-order valence-corrected chi connectivity index (χ0v) is 18.1. The van der Waals surface area contributed by atoms with Crippen molar-refractivity contribution < 1.29 is 33.6 Å². The van der Waals surface area contributed by atoms with Crippen molar-refractivity contribution in [2.45, 2.75) is 37.1 Å². The molecule has 0 bridgehead atoms. The van der Waals surface area contributed by atoms with E-state index in [9.17, 15) is 18.3 Å². The van der Waals surface area contributed by atoms with Crippen LogP contribution in [-0.4, -0.2) is 50.3 Å². The average Bonchev–Trinajstić information content (AvgIpc) is 2.75. The number of unbranched alkanes of at least 4 members (excludes halogenated alkanes) is 1. The van der Waals surface area contributed by atoms with Crippen LogP contribution < -0.4 is 10.5 Å². The summed E-state index contributed by atoms with van der Waals surface area (Å²) in [4.78, 5) is 17.1. The Morgan fingerprint density at radius 1 is 1.10 bits per heavy atom. The number of carboxylic acids is 1. The molecule has 2 aromatic rings. The van der Waals surface area contributed by atoms with Crippen molar-refractivity contribution in [3.63, 3.8) is 0 Å². The van der Waals surface area contributed by atoms with Crippen molar-refractivity contribution in [3.05, 3.63) is 48.5 Å². The van der Waals surface area contributed by atoms with Crippen molar-refractivity contribution in [3.8, 4) is 16.9 Å². The van der Waals surface area contributed by atoms with Crippen LogP contribution in [0, 0.1) is 0 Å². The molecule has 2 rings (SSSR count). The third kappa shape index (κ3) is 5.79. The zero-order valence-electron chi connectivity index (χ0n) is 17.3. The molecule has 0 aliphatic rings. The number of carboxylic acid groups (broad SMARTS) is 1. The van der Waals surface area contributed by atoms with E-state index in [0.717, 1.165) is 23.3 Å². The second kappa shape index (κ2) is 11.1. The maximum absolute atomic E-state index is 13.2. The van der Waals surface area contributed by atoms with Gasteiger partial charge in [-0.3, -0.25) is 9.63 Å². The minimum atomic E-state index is -4.18. The number of benzene rings is 2. The predicted molar refractivity (Wildman–Crippen MR) is 112 cm³/mol. The summed E-state index contributed by atoms with van der Waals surface area (Å²) in [5.41, 5.74) is 5.37. The van der Waals surface area contributed by atoms with Gasteiger partial charge in [-0.15, -0.1) is 0 Å². The Kier molecular flexibility index (Phi) is 8.79. The van der Waals surface area contributed by atoms with Crippen LogP contribution in [0.1, 0.15) is 26.2 Å². The molecule has 0 unspecified atom stereocenters. The van der Waals surface area contributed by atoms with Gasteiger partial charge in [-0.05, 0) is 41.8 Å².